The van der Waals surface area contributed by atoms with Crippen molar-refractivity contribution in [1.82, 2.24) is 4.90 Å². The van der Waals surface area contributed by atoms with Crippen LogP contribution in [0.1, 0.15) is 29.8 Å². The van der Waals surface area contributed by atoms with Crippen LogP contribution in [0.5, 0.6) is 0 Å². The topological polar surface area (TPSA) is 29.5 Å². The molecule has 0 atom stereocenters. The van der Waals surface area contributed by atoms with Crippen molar-refractivity contribution in [3.05, 3.63) is 35.4 Å². The number of nitrogens with zero attached hydrogens (tertiary/aromatic N) is 1. The van der Waals surface area contributed by atoms with E-state index in [1.165, 1.54) is 5.56 Å². The van der Waals surface area contributed by atoms with Crippen LogP contribution in [0.15, 0.2) is 24.3 Å². The molecule has 0 aromatic heterocycles. The monoisotopic (exact) mass is 251 g/mol. The van der Waals surface area contributed by atoms with E-state index in [2.05, 4.69) is 11.9 Å². The first-order chi connectivity index (χ1) is 8.72. The van der Waals surface area contributed by atoms with E-state index in [-0.39, 0.29) is 0 Å². The Morgan fingerprint density at radius 1 is 1.11 bits per heavy atom. The predicted molar refractivity (Wildman–Crippen MR) is 76.2 cm³/mol. The Morgan fingerprint density at radius 3 is 1.94 bits per heavy atom. The zero-order valence-electron chi connectivity index (χ0n) is 12.0. The zero-order valence-corrected chi connectivity index (χ0v) is 12.0. The molecule has 1 aliphatic heterocycles. The molecule has 2 rings (SSSR count). The number of aldehydes is 1. The van der Waals surface area contributed by atoms with Gasteiger partial charge in [0, 0.05) is 18.7 Å². The largest absolute Gasteiger partial charge is 0.379 e. The smallest absolute Gasteiger partial charge is 0.150 e. The van der Waals surface area contributed by atoms with Crippen LogP contribution in [0, 0.1) is 6.92 Å². The third-order valence-electron chi connectivity index (χ3n) is 2.45. The van der Waals surface area contributed by atoms with Crippen molar-refractivity contribution in [3.8, 4) is 0 Å². The van der Waals surface area contributed by atoms with Gasteiger partial charge < -0.3 is 9.64 Å². The average molecular weight is 251 g/mol. The van der Waals surface area contributed by atoms with Crippen molar-refractivity contribution >= 4 is 6.29 Å². The van der Waals surface area contributed by atoms with Crippen LogP contribution in [-0.4, -0.2) is 44.5 Å². The van der Waals surface area contributed by atoms with Gasteiger partial charge in [0.1, 0.15) is 6.29 Å². The van der Waals surface area contributed by atoms with Crippen LogP contribution in [0.4, 0.5) is 0 Å². The first kappa shape index (κ1) is 16.8. The van der Waals surface area contributed by atoms with Crippen LogP contribution >= 0.6 is 0 Å². The quantitative estimate of drug-likeness (QED) is 0.719. The maximum absolute atomic E-state index is 10.1. The van der Waals surface area contributed by atoms with Crippen LogP contribution in [0.2, 0.25) is 0 Å². The molecule has 1 aliphatic rings. The summed E-state index contributed by atoms with van der Waals surface area (Å²) in [6.45, 7) is 10.0. The lowest BCUT2D eigenvalue weighted by atomic mass is 10.2. The van der Waals surface area contributed by atoms with Crippen molar-refractivity contribution < 1.29 is 9.53 Å². The molecule has 18 heavy (non-hydrogen) atoms. The van der Waals surface area contributed by atoms with Gasteiger partial charge in [-0.25, -0.2) is 0 Å². The molecule has 1 aromatic rings. The second-order valence-electron chi connectivity index (χ2n) is 3.94. The summed E-state index contributed by atoms with van der Waals surface area (Å²) in [6, 6.07) is 7.46. The Hall–Kier alpha value is -1.19. The highest BCUT2D eigenvalue weighted by Gasteiger charge is 2.02. The van der Waals surface area contributed by atoms with E-state index in [0.717, 1.165) is 38.2 Å². The van der Waals surface area contributed by atoms with E-state index in [4.69, 9.17) is 4.74 Å². The van der Waals surface area contributed by atoms with Crippen molar-refractivity contribution in [2.45, 2.75) is 20.8 Å². The summed E-state index contributed by atoms with van der Waals surface area (Å²) in [5.41, 5.74) is 1.92. The van der Waals surface area contributed by atoms with E-state index in [1.807, 2.05) is 45.0 Å². The Kier molecular flexibility index (Phi) is 10.2. The minimum atomic E-state index is 0.737. The fourth-order valence-electron chi connectivity index (χ4n) is 1.30. The van der Waals surface area contributed by atoms with E-state index in [0.29, 0.717) is 0 Å². The van der Waals surface area contributed by atoms with Crippen molar-refractivity contribution in [2.24, 2.45) is 0 Å². The fourth-order valence-corrected chi connectivity index (χ4v) is 1.30. The van der Waals surface area contributed by atoms with Gasteiger partial charge in [-0.3, -0.25) is 4.79 Å². The molecule has 0 unspecified atom stereocenters. The highest BCUT2D eigenvalue weighted by atomic mass is 16.5. The van der Waals surface area contributed by atoms with Gasteiger partial charge in [0.2, 0.25) is 0 Å². The summed E-state index contributed by atoms with van der Waals surface area (Å²) < 4.78 is 5.10. The van der Waals surface area contributed by atoms with Crippen molar-refractivity contribution in [2.75, 3.05) is 33.4 Å². The lowest BCUT2D eigenvalue weighted by molar-refractivity contribution is 0.0503. The maximum atomic E-state index is 10.1. The number of rotatable bonds is 1. The molecule has 0 spiro atoms. The van der Waals surface area contributed by atoms with Gasteiger partial charge in [0.25, 0.3) is 0 Å². The van der Waals surface area contributed by atoms with Crippen LogP contribution < -0.4 is 0 Å². The zero-order chi connectivity index (χ0) is 13.8. The number of aryl methyl sites for hydroxylation is 1. The normalized spacial score (nSPS) is 14.7. The number of benzene rings is 1. The Morgan fingerprint density at radius 2 is 1.61 bits per heavy atom. The molecular formula is C15H25NO2. The van der Waals surface area contributed by atoms with E-state index < -0.39 is 0 Å². The third-order valence-corrected chi connectivity index (χ3v) is 2.45. The lowest BCUT2D eigenvalue weighted by Crippen LogP contribution is -2.32. The van der Waals surface area contributed by atoms with Crippen LogP contribution in [0.25, 0.3) is 0 Å². The van der Waals surface area contributed by atoms with E-state index in [9.17, 15) is 4.79 Å². The number of carbonyl (C=O) groups excluding carboxylic acids is 1. The molecule has 1 saturated heterocycles. The minimum absolute atomic E-state index is 0.737. The van der Waals surface area contributed by atoms with E-state index >= 15 is 0 Å². The van der Waals surface area contributed by atoms with Crippen molar-refractivity contribution in [3.63, 3.8) is 0 Å². The molecular weight excluding hydrogens is 226 g/mol. The van der Waals surface area contributed by atoms with Gasteiger partial charge in [-0.15, -0.1) is 0 Å². The lowest BCUT2D eigenvalue weighted by Gasteiger charge is -2.21. The second kappa shape index (κ2) is 10.9. The highest BCUT2D eigenvalue weighted by molar-refractivity contribution is 5.74. The van der Waals surface area contributed by atoms with Gasteiger partial charge in [0.15, 0.2) is 0 Å². The third kappa shape index (κ3) is 7.98. The molecule has 0 radical (unpaired) electrons. The molecule has 1 aromatic carbocycles. The molecule has 0 bridgehead atoms. The molecule has 3 heteroatoms. The SMILES string of the molecule is CC.CN1CCOCC1.Cc1ccc(C=O)cc1. The van der Waals surface area contributed by atoms with Gasteiger partial charge >= 0.3 is 0 Å². The summed E-state index contributed by atoms with van der Waals surface area (Å²) in [5, 5.41) is 0. The highest BCUT2D eigenvalue weighted by Crippen LogP contribution is 1.98. The molecule has 0 N–H and O–H groups in total. The number of hydrogen-bond donors (Lipinski definition) is 0. The number of morpholine rings is 1. The molecule has 102 valence electrons. The first-order valence-corrected chi connectivity index (χ1v) is 6.50. The fraction of sp³-hybridized carbons (Fsp3) is 0.533. The van der Waals surface area contributed by atoms with Crippen LogP contribution in [0.3, 0.4) is 0 Å². The standard InChI is InChI=1S/C8H8O.C5H11NO.C2H6/c1-7-2-4-8(6-9)5-3-7;1-6-2-4-7-5-3-6;1-2/h2-6H,1H3;2-5H2,1H3;1-2H3. The Labute approximate surface area is 111 Å². The molecule has 1 fully saturated rings. The first-order valence-electron chi connectivity index (χ1n) is 6.50. The summed E-state index contributed by atoms with van der Waals surface area (Å²) in [7, 11) is 2.11. The average Bonchev–Trinajstić information content (AvgIpc) is 2.43. The minimum Gasteiger partial charge on any atom is -0.379 e. The second-order valence-corrected chi connectivity index (χ2v) is 3.94. The summed E-state index contributed by atoms with van der Waals surface area (Å²) in [6.07, 6.45) is 0.847. The van der Waals surface area contributed by atoms with Gasteiger partial charge in [-0.1, -0.05) is 43.7 Å². The van der Waals surface area contributed by atoms with Crippen molar-refractivity contribution in [1.29, 1.82) is 0 Å². The summed E-state index contributed by atoms with van der Waals surface area (Å²) in [4.78, 5) is 12.4. The number of likely N-dealkylation sites (N-methyl/N-ethyl adjacent to an activating group) is 1. The van der Waals surface area contributed by atoms with Gasteiger partial charge in [-0.05, 0) is 14.0 Å². The van der Waals surface area contributed by atoms with E-state index in [1.54, 1.807) is 0 Å². The molecule has 0 amide bonds. The number of hydrogen-bond acceptors (Lipinski definition) is 3. The Bertz CT molecular complexity index is 303. The predicted octanol–water partition coefficient (Wildman–Crippen LogP) is 2.78. The van der Waals surface area contributed by atoms with Gasteiger partial charge in [-0.2, -0.15) is 0 Å². The number of carbonyl (C=O) groups is 1. The number of ether oxygens (including phenoxy) is 1. The molecule has 1 heterocycles. The summed E-state index contributed by atoms with van der Waals surface area (Å²) in [5.74, 6) is 0. The molecule has 3 nitrogen and oxygen atoms in total. The van der Waals surface area contributed by atoms with Crippen LogP contribution in [-0.2, 0) is 4.74 Å². The Balaban J connectivity index is 0.000000289. The molecule has 0 saturated carbocycles. The maximum Gasteiger partial charge on any atom is 0.150 e. The summed E-state index contributed by atoms with van der Waals surface area (Å²) >= 11 is 0. The molecule has 0 aliphatic carbocycles. The van der Waals surface area contributed by atoms with Gasteiger partial charge in [0.05, 0.1) is 13.2 Å².